The monoisotopic (exact) mass is 370 g/mol. The van der Waals surface area contributed by atoms with Gasteiger partial charge in [-0.15, -0.1) is 0 Å². The summed E-state index contributed by atoms with van der Waals surface area (Å²) in [6.07, 6.45) is 1.65. The average molecular weight is 370 g/mol. The third kappa shape index (κ3) is 3.48. The first-order chi connectivity index (χ1) is 13.8. The molecule has 0 radical (unpaired) electrons. The predicted octanol–water partition coefficient (Wildman–Crippen LogP) is 3.84. The third-order valence-corrected chi connectivity index (χ3v) is 4.26. The minimum absolute atomic E-state index is 0.157. The van der Waals surface area contributed by atoms with E-state index in [0.717, 1.165) is 11.3 Å². The van der Waals surface area contributed by atoms with Gasteiger partial charge in [0.25, 0.3) is 5.56 Å². The molecule has 1 N–H and O–H groups in total. The summed E-state index contributed by atoms with van der Waals surface area (Å²) >= 11 is 0. The Labute approximate surface area is 161 Å². The fourth-order valence-corrected chi connectivity index (χ4v) is 2.91. The number of para-hydroxylation sites is 2. The molecule has 6 heteroatoms. The maximum atomic E-state index is 13.1. The number of anilines is 1. The van der Waals surface area contributed by atoms with Gasteiger partial charge in [0.2, 0.25) is 5.95 Å². The molecule has 4 aromatic rings. The van der Waals surface area contributed by atoms with E-state index < -0.39 is 0 Å². The number of benzene rings is 3. The van der Waals surface area contributed by atoms with Crippen molar-refractivity contribution in [3.8, 4) is 11.4 Å². The highest BCUT2D eigenvalue weighted by Gasteiger charge is 2.11. The van der Waals surface area contributed by atoms with Crippen LogP contribution in [0.4, 0.5) is 5.95 Å². The standard InChI is InChI=1S/C22H18N4O2/c1-28-18-11-7-8-16(14-18)15-23-25-22-24-20-13-6-5-12-19(20)21(27)26(22)17-9-3-2-4-10-17/h2-15H,1H3,(H,24,25). The molecule has 0 atom stereocenters. The van der Waals surface area contributed by atoms with Crippen LogP contribution < -0.4 is 15.7 Å². The zero-order valence-electron chi connectivity index (χ0n) is 15.2. The lowest BCUT2D eigenvalue weighted by Crippen LogP contribution is -2.22. The summed E-state index contributed by atoms with van der Waals surface area (Å²) in [5.74, 6) is 1.09. The second-order valence-electron chi connectivity index (χ2n) is 6.08. The molecule has 4 rings (SSSR count). The lowest BCUT2D eigenvalue weighted by molar-refractivity contribution is 0.415. The topological polar surface area (TPSA) is 68.5 Å². The van der Waals surface area contributed by atoms with Crippen molar-refractivity contribution in [3.63, 3.8) is 0 Å². The third-order valence-electron chi connectivity index (χ3n) is 4.26. The molecule has 0 spiro atoms. The van der Waals surface area contributed by atoms with Gasteiger partial charge in [-0.2, -0.15) is 5.10 Å². The highest BCUT2D eigenvalue weighted by molar-refractivity contribution is 5.81. The van der Waals surface area contributed by atoms with Crippen molar-refractivity contribution >= 4 is 23.1 Å². The van der Waals surface area contributed by atoms with Gasteiger partial charge in [-0.25, -0.2) is 15.0 Å². The number of fused-ring (bicyclic) bond motifs is 1. The van der Waals surface area contributed by atoms with Gasteiger partial charge >= 0.3 is 0 Å². The molecule has 3 aromatic carbocycles. The molecule has 1 aromatic heterocycles. The number of methoxy groups -OCH3 is 1. The normalized spacial score (nSPS) is 11.0. The quantitative estimate of drug-likeness (QED) is 0.428. The number of hydrazone groups is 1. The molecule has 0 bridgehead atoms. The minimum atomic E-state index is -0.157. The Bertz CT molecular complexity index is 1200. The van der Waals surface area contributed by atoms with Gasteiger partial charge in [-0.3, -0.25) is 4.79 Å². The van der Waals surface area contributed by atoms with Gasteiger partial charge in [-0.05, 0) is 42.0 Å². The Morgan fingerprint density at radius 3 is 2.61 bits per heavy atom. The highest BCUT2D eigenvalue weighted by Crippen LogP contribution is 2.16. The van der Waals surface area contributed by atoms with E-state index in [1.165, 1.54) is 4.57 Å². The zero-order chi connectivity index (χ0) is 19.3. The first-order valence-corrected chi connectivity index (χ1v) is 8.76. The van der Waals surface area contributed by atoms with Crippen molar-refractivity contribution in [1.82, 2.24) is 9.55 Å². The molecule has 6 nitrogen and oxygen atoms in total. The predicted molar refractivity (Wildman–Crippen MR) is 112 cm³/mol. The SMILES string of the molecule is COc1cccc(C=NNc2nc3ccccc3c(=O)n2-c2ccccc2)c1. The molecule has 1 heterocycles. The Morgan fingerprint density at radius 2 is 1.79 bits per heavy atom. The number of nitrogens with one attached hydrogen (secondary N) is 1. The number of ether oxygens (including phenoxy) is 1. The number of rotatable bonds is 5. The molecular weight excluding hydrogens is 352 g/mol. The Kier molecular flexibility index (Phi) is 4.84. The van der Waals surface area contributed by atoms with Crippen molar-refractivity contribution in [1.29, 1.82) is 0 Å². The molecule has 138 valence electrons. The van der Waals surface area contributed by atoms with Crippen LogP contribution in [0.5, 0.6) is 5.75 Å². The summed E-state index contributed by atoms with van der Waals surface area (Å²) in [7, 11) is 1.62. The zero-order valence-corrected chi connectivity index (χ0v) is 15.2. The summed E-state index contributed by atoms with van der Waals surface area (Å²) in [4.78, 5) is 17.7. The Balaban J connectivity index is 1.77. The second-order valence-corrected chi connectivity index (χ2v) is 6.08. The summed E-state index contributed by atoms with van der Waals surface area (Å²) < 4.78 is 6.74. The largest absolute Gasteiger partial charge is 0.497 e. The van der Waals surface area contributed by atoms with E-state index in [4.69, 9.17) is 4.74 Å². The molecule has 0 saturated carbocycles. The maximum absolute atomic E-state index is 13.1. The summed E-state index contributed by atoms with van der Waals surface area (Å²) in [6, 6.07) is 24.1. The van der Waals surface area contributed by atoms with Crippen LogP contribution >= 0.6 is 0 Å². The minimum Gasteiger partial charge on any atom is -0.497 e. The van der Waals surface area contributed by atoms with Gasteiger partial charge < -0.3 is 4.74 Å². The maximum Gasteiger partial charge on any atom is 0.267 e. The summed E-state index contributed by atoms with van der Waals surface area (Å²) in [5.41, 5.74) is 4.94. The molecule has 28 heavy (non-hydrogen) atoms. The van der Waals surface area contributed by atoms with Crippen LogP contribution in [0, 0.1) is 0 Å². The van der Waals surface area contributed by atoms with Crippen LogP contribution in [0.3, 0.4) is 0 Å². The number of aromatic nitrogens is 2. The first kappa shape index (κ1) is 17.5. The van der Waals surface area contributed by atoms with Crippen LogP contribution in [0.25, 0.3) is 16.6 Å². The molecule has 0 aliphatic heterocycles. The Morgan fingerprint density at radius 1 is 1.00 bits per heavy atom. The second kappa shape index (κ2) is 7.75. The van der Waals surface area contributed by atoms with E-state index in [2.05, 4.69) is 15.5 Å². The molecule has 0 unspecified atom stereocenters. The molecule has 0 aliphatic rings. The molecule has 0 amide bonds. The lowest BCUT2D eigenvalue weighted by atomic mass is 10.2. The van der Waals surface area contributed by atoms with Crippen LogP contribution in [0.1, 0.15) is 5.56 Å². The van der Waals surface area contributed by atoms with Gasteiger partial charge in [-0.1, -0.05) is 42.5 Å². The number of hydrogen-bond donors (Lipinski definition) is 1. The molecule has 0 fully saturated rings. The smallest absolute Gasteiger partial charge is 0.267 e. The fraction of sp³-hybridized carbons (Fsp3) is 0.0455. The van der Waals surface area contributed by atoms with Gasteiger partial charge in [0.1, 0.15) is 5.75 Å². The van der Waals surface area contributed by atoms with Crippen molar-refractivity contribution in [3.05, 3.63) is 94.8 Å². The fourth-order valence-electron chi connectivity index (χ4n) is 2.91. The van der Waals surface area contributed by atoms with E-state index in [-0.39, 0.29) is 5.56 Å². The van der Waals surface area contributed by atoms with Gasteiger partial charge in [0.15, 0.2) is 0 Å². The van der Waals surface area contributed by atoms with Crippen molar-refractivity contribution < 1.29 is 4.74 Å². The summed E-state index contributed by atoms with van der Waals surface area (Å²) in [5, 5.41) is 4.82. The molecule has 0 aliphatic carbocycles. The van der Waals surface area contributed by atoms with E-state index >= 15 is 0 Å². The number of hydrogen-bond acceptors (Lipinski definition) is 5. The van der Waals surface area contributed by atoms with E-state index in [9.17, 15) is 4.79 Å². The van der Waals surface area contributed by atoms with E-state index in [1.807, 2.05) is 72.8 Å². The number of nitrogens with zero attached hydrogens (tertiary/aromatic N) is 3. The van der Waals surface area contributed by atoms with Crippen molar-refractivity contribution in [2.45, 2.75) is 0 Å². The van der Waals surface area contributed by atoms with Crippen LogP contribution in [-0.2, 0) is 0 Å². The van der Waals surface area contributed by atoms with E-state index in [1.54, 1.807) is 19.4 Å². The average Bonchev–Trinajstić information content (AvgIpc) is 2.75. The van der Waals surface area contributed by atoms with Crippen LogP contribution in [0.15, 0.2) is 88.8 Å². The lowest BCUT2D eigenvalue weighted by Gasteiger charge is -2.12. The highest BCUT2D eigenvalue weighted by atomic mass is 16.5. The van der Waals surface area contributed by atoms with Crippen LogP contribution in [0.2, 0.25) is 0 Å². The Hall–Kier alpha value is -3.93. The van der Waals surface area contributed by atoms with Gasteiger partial charge in [0.05, 0.1) is 29.9 Å². The summed E-state index contributed by atoms with van der Waals surface area (Å²) in [6.45, 7) is 0. The van der Waals surface area contributed by atoms with Crippen LogP contribution in [-0.4, -0.2) is 22.9 Å². The van der Waals surface area contributed by atoms with Gasteiger partial charge in [0, 0.05) is 0 Å². The van der Waals surface area contributed by atoms with Crippen molar-refractivity contribution in [2.24, 2.45) is 5.10 Å². The molecular formula is C22H18N4O2. The molecule has 0 saturated heterocycles. The van der Waals surface area contributed by atoms with E-state index in [0.29, 0.717) is 22.5 Å². The first-order valence-electron chi connectivity index (χ1n) is 8.76. The van der Waals surface area contributed by atoms with Crippen molar-refractivity contribution in [2.75, 3.05) is 12.5 Å².